The summed E-state index contributed by atoms with van der Waals surface area (Å²) in [6.45, 7) is 2.53. The second-order valence-corrected chi connectivity index (χ2v) is 8.16. The van der Waals surface area contributed by atoms with Gasteiger partial charge in [-0.25, -0.2) is 13.2 Å². The first-order chi connectivity index (χ1) is 14.6. The SMILES string of the molecule is COc1ccc(C(=O)OCC(=O)/C(C#N)=C(\C)N)cc1S(=O)(=O)Nc1ccc(C)cc1. The number of esters is 1. The lowest BCUT2D eigenvalue weighted by atomic mass is 10.1. The Bertz CT molecular complexity index is 1170. The standard InChI is InChI=1S/C21H21N3O6S/c1-13-4-7-16(8-5-13)24-31(27,28)20-10-15(6-9-19(20)29-3)21(26)30-12-18(25)17(11-22)14(2)23/h4-10,24H,12,23H2,1-3H3/b17-14+. The van der Waals surface area contributed by atoms with Crippen LogP contribution in [0.4, 0.5) is 5.69 Å². The molecule has 0 spiro atoms. The van der Waals surface area contributed by atoms with Gasteiger partial charge in [0.1, 0.15) is 22.3 Å². The number of carbonyl (C=O) groups is 2. The maximum atomic E-state index is 12.9. The fourth-order valence-electron chi connectivity index (χ4n) is 2.50. The van der Waals surface area contributed by atoms with Gasteiger partial charge in [-0.3, -0.25) is 9.52 Å². The third-order valence-electron chi connectivity index (χ3n) is 4.11. The number of ether oxygens (including phenoxy) is 2. The Morgan fingerprint density at radius 3 is 2.35 bits per heavy atom. The smallest absolute Gasteiger partial charge is 0.338 e. The maximum absolute atomic E-state index is 12.9. The number of sulfonamides is 1. The normalized spacial score (nSPS) is 11.7. The van der Waals surface area contributed by atoms with Crippen LogP contribution in [0.15, 0.2) is 58.6 Å². The quantitative estimate of drug-likeness (QED) is 0.359. The molecule has 0 heterocycles. The van der Waals surface area contributed by atoms with Crippen molar-refractivity contribution in [3.05, 3.63) is 64.9 Å². The largest absolute Gasteiger partial charge is 0.495 e. The summed E-state index contributed by atoms with van der Waals surface area (Å²) in [7, 11) is -2.81. The van der Waals surface area contributed by atoms with Crippen molar-refractivity contribution in [1.82, 2.24) is 0 Å². The monoisotopic (exact) mass is 443 g/mol. The van der Waals surface area contributed by atoms with Crippen molar-refractivity contribution in [3.63, 3.8) is 0 Å². The van der Waals surface area contributed by atoms with Gasteiger partial charge in [0.2, 0.25) is 5.78 Å². The molecule has 0 aromatic heterocycles. The number of aryl methyl sites for hydroxylation is 1. The van der Waals surface area contributed by atoms with Gasteiger partial charge in [0.15, 0.2) is 6.61 Å². The number of nitrogens with two attached hydrogens (primary N) is 1. The van der Waals surface area contributed by atoms with Crippen LogP contribution in [0.1, 0.15) is 22.8 Å². The lowest BCUT2D eigenvalue weighted by molar-refractivity contribution is -0.118. The topological polar surface area (TPSA) is 149 Å². The van der Waals surface area contributed by atoms with Gasteiger partial charge in [-0.1, -0.05) is 17.7 Å². The lowest BCUT2D eigenvalue weighted by Crippen LogP contribution is -2.18. The van der Waals surface area contributed by atoms with E-state index in [4.69, 9.17) is 20.5 Å². The van der Waals surface area contributed by atoms with Crippen LogP contribution < -0.4 is 15.2 Å². The molecule has 10 heteroatoms. The highest BCUT2D eigenvalue weighted by atomic mass is 32.2. The molecule has 162 valence electrons. The molecule has 0 aliphatic rings. The van der Waals surface area contributed by atoms with Gasteiger partial charge in [-0.15, -0.1) is 0 Å². The summed E-state index contributed by atoms with van der Waals surface area (Å²) in [5.74, 6) is -1.70. The number of Topliss-reactive ketones (excluding diaryl/α,β-unsaturated/α-hetero) is 1. The van der Waals surface area contributed by atoms with Crippen molar-refractivity contribution in [3.8, 4) is 11.8 Å². The van der Waals surface area contributed by atoms with Crippen LogP contribution in [0.5, 0.6) is 5.75 Å². The highest BCUT2D eigenvalue weighted by molar-refractivity contribution is 7.92. The van der Waals surface area contributed by atoms with E-state index in [1.54, 1.807) is 30.3 Å². The third-order valence-corrected chi connectivity index (χ3v) is 5.51. The van der Waals surface area contributed by atoms with Crippen LogP contribution in [0, 0.1) is 18.3 Å². The second kappa shape index (κ2) is 9.77. The molecule has 31 heavy (non-hydrogen) atoms. The molecule has 2 rings (SSSR count). The summed E-state index contributed by atoms with van der Waals surface area (Å²) in [4.78, 5) is 24.0. The van der Waals surface area contributed by atoms with E-state index >= 15 is 0 Å². The Kier molecular flexibility index (Phi) is 7.39. The summed E-state index contributed by atoms with van der Waals surface area (Å²) in [6, 6.07) is 12.0. The van der Waals surface area contributed by atoms with Crippen molar-refractivity contribution >= 4 is 27.5 Å². The van der Waals surface area contributed by atoms with Crippen molar-refractivity contribution in [2.75, 3.05) is 18.4 Å². The summed E-state index contributed by atoms with van der Waals surface area (Å²) >= 11 is 0. The van der Waals surface area contributed by atoms with Crippen LogP contribution in [0.2, 0.25) is 0 Å². The van der Waals surface area contributed by atoms with Crippen molar-refractivity contribution in [2.45, 2.75) is 18.7 Å². The Hall–Kier alpha value is -3.84. The van der Waals surface area contributed by atoms with E-state index in [2.05, 4.69) is 4.72 Å². The Morgan fingerprint density at radius 1 is 1.16 bits per heavy atom. The molecule has 0 aliphatic carbocycles. The number of hydrogen-bond acceptors (Lipinski definition) is 8. The minimum atomic E-state index is -4.10. The van der Waals surface area contributed by atoms with Gasteiger partial charge in [-0.2, -0.15) is 5.26 Å². The van der Waals surface area contributed by atoms with E-state index in [1.165, 1.54) is 26.2 Å². The van der Waals surface area contributed by atoms with Crippen molar-refractivity contribution < 1.29 is 27.5 Å². The Labute approximate surface area is 180 Å². The number of allylic oxidation sites excluding steroid dienone is 1. The number of nitriles is 1. The summed E-state index contributed by atoms with van der Waals surface area (Å²) < 4.78 is 38.2. The zero-order valence-corrected chi connectivity index (χ0v) is 17.9. The molecule has 0 aliphatic heterocycles. The number of methoxy groups -OCH3 is 1. The average molecular weight is 443 g/mol. The predicted molar refractivity (Wildman–Crippen MR) is 113 cm³/mol. The highest BCUT2D eigenvalue weighted by Crippen LogP contribution is 2.27. The number of rotatable bonds is 8. The first-order valence-electron chi connectivity index (χ1n) is 8.93. The minimum absolute atomic E-state index is 0.00329. The van der Waals surface area contributed by atoms with Crippen LogP contribution in [0.3, 0.4) is 0 Å². The number of benzene rings is 2. The first kappa shape index (κ1) is 23.4. The second-order valence-electron chi connectivity index (χ2n) is 6.51. The van der Waals surface area contributed by atoms with Gasteiger partial charge in [0.05, 0.1) is 12.7 Å². The number of nitrogens with zero attached hydrogens (tertiary/aromatic N) is 1. The van der Waals surface area contributed by atoms with Gasteiger partial charge in [0.25, 0.3) is 10.0 Å². The Morgan fingerprint density at radius 2 is 1.81 bits per heavy atom. The average Bonchev–Trinajstić information content (AvgIpc) is 2.73. The number of carbonyl (C=O) groups excluding carboxylic acids is 2. The number of ketones is 1. The Balaban J connectivity index is 2.28. The van der Waals surface area contributed by atoms with Crippen LogP contribution in [0.25, 0.3) is 0 Å². The number of nitrogens with one attached hydrogen (secondary N) is 1. The molecule has 0 saturated carbocycles. The van der Waals surface area contributed by atoms with E-state index < -0.39 is 28.4 Å². The minimum Gasteiger partial charge on any atom is -0.495 e. The molecule has 0 amide bonds. The van der Waals surface area contributed by atoms with E-state index in [-0.39, 0.29) is 27.5 Å². The van der Waals surface area contributed by atoms with Crippen molar-refractivity contribution in [2.24, 2.45) is 5.73 Å². The van der Waals surface area contributed by atoms with Gasteiger partial charge in [0, 0.05) is 11.4 Å². The lowest BCUT2D eigenvalue weighted by Gasteiger charge is -2.13. The summed E-state index contributed by atoms with van der Waals surface area (Å²) in [5, 5.41) is 8.93. The molecule has 0 radical (unpaired) electrons. The highest BCUT2D eigenvalue weighted by Gasteiger charge is 2.23. The molecular formula is C21H21N3O6S. The molecule has 0 bridgehead atoms. The molecule has 3 N–H and O–H groups in total. The first-order valence-corrected chi connectivity index (χ1v) is 10.4. The predicted octanol–water partition coefficient (Wildman–Crippen LogP) is 2.29. The van der Waals surface area contributed by atoms with Crippen LogP contribution in [-0.2, 0) is 19.6 Å². The fraction of sp³-hybridized carbons (Fsp3) is 0.190. The molecule has 0 saturated heterocycles. The molecule has 2 aromatic rings. The molecule has 9 nitrogen and oxygen atoms in total. The molecule has 0 atom stereocenters. The van der Waals surface area contributed by atoms with E-state index in [0.717, 1.165) is 11.6 Å². The zero-order valence-electron chi connectivity index (χ0n) is 17.1. The van der Waals surface area contributed by atoms with E-state index in [9.17, 15) is 18.0 Å². The van der Waals surface area contributed by atoms with Crippen molar-refractivity contribution in [1.29, 1.82) is 5.26 Å². The van der Waals surface area contributed by atoms with Gasteiger partial charge >= 0.3 is 5.97 Å². The van der Waals surface area contributed by atoms with E-state index in [0.29, 0.717) is 5.69 Å². The van der Waals surface area contributed by atoms with Gasteiger partial charge in [-0.05, 0) is 44.2 Å². The summed E-state index contributed by atoms with van der Waals surface area (Å²) in [5.41, 5.74) is 6.31. The maximum Gasteiger partial charge on any atom is 0.338 e. The molecular weight excluding hydrogens is 422 g/mol. The van der Waals surface area contributed by atoms with Crippen LogP contribution in [-0.4, -0.2) is 33.9 Å². The third kappa shape index (κ3) is 5.83. The number of anilines is 1. The number of hydrogen-bond donors (Lipinski definition) is 2. The van der Waals surface area contributed by atoms with E-state index in [1.807, 2.05) is 6.92 Å². The molecule has 2 aromatic carbocycles. The van der Waals surface area contributed by atoms with Crippen LogP contribution >= 0.6 is 0 Å². The summed E-state index contributed by atoms with van der Waals surface area (Å²) in [6.07, 6.45) is 0. The zero-order chi connectivity index (χ0) is 23.2. The molecule has 0 unspecified atom stereocenters. The fourth-order valence-corrected chi connectivity index (χ4v) is 3.76. The van der Waals surface area contributed by atoms with Gasteiger partial charge < -0.3 is 15.2 Å². The molecule has 0 fully saturated rings.